The van der Waals surface area contributed by atoms with Crippen molar-refractivity contribution in [3.8, 4) is 6.19 Å². The summed E-state index contributed by atoms with van der Waals surface area (Å²) in [6.45, 7) is 12.8. The van der Waals surface area contributed by atoms with Crippen molar-refractivity contribution in [1.29, 1.82) is 5.26 Å². The molecule has 0 atom stereocenters. The Bertz CT molecular complexity index is 681. The van der Waals surface area contributed by atoms with Gasteiger partial charge in [-0.1, -0.05) is 37.3 Å². The van der Waals surface area contributed by atoms with Gasteiger partial charge in [-0.2, -0.15) is 5.26 Å². The van der Waals surface area contributed by atoms with Crippen LogP contribution in [0.5, 0.6) is 0 Å². The van der Waals surface area contributed by atoms with Crippen molar-refractivity contribution in [3.63, 3.8) is 0 Å². The fourth-order valence-corrected chi connectivity index (χ4v) is 4.70. The van der Waals surface area contributed by atoms with E-state index in [9.17, 15) is 5.26 Å². The number of rotatable bonds is 3. The van der Waals surface area contributed by atoms with Crippen molar-refractivity contribution in [2.24, 2.45) is 0 Å². The zero-order valence-electron chi connectivity index (χ0n) is 12.1. The molecule has 0 saturated carbocycles. The van der Waals surface area contributed by atoms with Crippen molar-refractivity contribution < 1.29 is 0 Å². The molecule has 1 aromatic carbocycles. The van der Waals surface area contributed by atoms with Gasteiger partial charge in [0.05, 0.1) is 5.52 Å². The lowest BCUT2D eigenvalue weighted by Crippen LogP contribution is -2.44. The molecule has 0 aliphatic carbocycles. The lowest BCUT2D eigenvalue weighted by atomic mass is 10.1. The van der Waals surface area contributed by atoms with Crippen LogP contribution in [0.1, 0.15) is 11.1 Å². The van der Waals surface area contributed by atoms with E-state index in [0.717, 1.165) is 11.9 Å². The van der Waals surface area contributed by atoms with Crippen LogP contribution < -0.4 is 5.32 Å². The van der Waals surface area contributed by atoms with Gasteiger partial charge in [-0.3, -0.25) is 4.57 Å². The maximum absolute atomic E-state index is 9.54. The van der Waals surface area contributed by atoms with E-state index in [4.69, 9.17) is 0 Å². The second-order valence-electron chi connectivity index (χ2n) is 6.03. The van der Waals surface area contributed by atoms with Gasteiger partial charge in [0.25, 0.3) is 0 Å². The van der Waals surface area contributed by atoms with E-state index >= 15 is 0 Å². The van der Waals surface area contributed by atoms with Crippen LogP contribution in [0, 0.1) is 18.4 Å². The van der Waals surface area contributed by atoms with E-state index in [1.807, 2.05) is 10.6 Å². The van der Waals surface area contributed by atoms with Gasteiger partial charge in [-0.05, 0) is 31.0 Å². The maximum atomic E-state index is 9.54. The normalized spacial score (nSPS) is 11.5. The minimum atomic E-state index is -1.59. The number of fused-ring (bicyclic) bond motifs is 1. The standard InChI is InChI=1S/C16H20N2Si/c1-6-7-13-14-10-12(2)8-9-15(14)18(11-17)16(13)19(3,4)5/h6,8-10H,1,7H2,2-5H3. The van der Waals surface area contributed by atoms with Crippen LogP contribution in [-0.2, 0) is 6.42 Å². The molecule has 0 aliphatic heterocycles. The van der Waals surface area contributed by atoms with E-state index in [1.165, 1.54) is 21.8 Å². The molecule has 1 aromatic heterocycles. The lowest BCUT2D eigenvalue weighted by molar-refractivity contribution is 1.16. The molecular formula is C16H20N2Si. The number of nitrogens with zero attached hydrogens (tertiary/aromatic N) is 2. The van der Waals surface area contributed by atoms with Crippen LogP contribution in [0.3, 0.4) is 0 Å². The Morgan fingerprint density at radius 3 is 2.58 bits per heavy atom. The van der Waals surface area contributed by atoms with Crippen LogP contribution in [0.4, 0.5) is 0 Å². The van der Waals surface area contributed by atoms with Crippen molar-refractivity contribution in [1.82, 2.24) is 4.57 Å². The first kappa shape index (κ1) is 13.6. The molecule has 2 rings (SSSR count). The topological polar surface area (TPSA) is 28.7 Å². The molecule has 3 heteroatoms. The number of hydrogen-bond donors (Lipinski definition) is 0. The highest BCUT2D eigenvalue weighted by Gasteiger charge is 2.27. The monoisotopic (exact) mass is 268 g/mol. The number of benzene rings is 1. The molecule has 0 N–H and O–H groups in total. The smallest absolute Gasteiger partial charge is 0.188 e. The van der Waals surface area contributed by atoms with Gasteiger partial charge >= 0.3 is 0 Å². The summed E-state index contributed by atoms with van der Waals surface area (Å²) in [7, 11) is -1.59. The van der Waals surface area contributed by atoms with Gasteiger partial charge in [-0.25, -0.2) is 0 Å². The summed E-state index contributed by atoms with van der Waals surface area (Å²) in [4.78, 5) is 0. The summed E-state index contributed by atoms with van der Waals surface area (Å²) >= 11 is 0. The maximum Gasteiger partial charge on any atom is 0.188 e. The van der Waals surface area contributed by atoms with E-state index < -0.39 is 8.07 Å². The van der Waals surface area contributed by atoms with E-state index in [2.05, 4.69) is 57.5 Å². The molecule has 0 bridgehead atoms. The van der Waals surface area contributed by atoms with Crippen LogP contribution in [0.15, 0.2) is 30.9 Å². The second kappa shape index (κ2) is 4.71. The molecule has 0 amide bonds. The number of aromatic nitrogens is 1. The lowest BCUT2D eigenvalue weighted by Gasteiger charge is -2.18. The summed E-state index contributed by atoms with van der Waals surface area (Å²) in [5.41, 5.74) is 3.55. The van der Waals surface area contributed by atoms with Gasteiger partial charge in [0.15, 0.2) is 6.19 Å². The zero-order valence-corrected chi connectivity index (χ0v) is 13.1. The second-order valence-corrected chi connectivity index (χ2v) is 11.0. The Morgan fingerprint density at radius 1 is 1.37 bits per heavy atom. The Labute approximate surface area is 116 Å². The van der Waals surface area contributed by atoms with Gasteiger partial charge < -0.3 is 0 Å². The summed E-state index contributed by atoms with van der Waals surface area (Å²) in [6.07, 6.45) is 5.12. The average Bonchev–Trinajstić information content (AvgIpc) is 2.63. The van der Waals surface area contributed by atoms with Gasteiger partial charge in [0, 0.05) is 10.7 Å². The first-order valence-electron chi connectivity index (χ1n) is 6.55. The number of hydrogen-bond acceptors (Lipinski definition) is 1. The highest BCUT2D eigenvalue weighted by Crippen LogP contribution is 2.24. The minimum absolute atomic E-state index is 0.828. The van der Waals surface area contributed by atoms with Crippen LogP contribution >= 0.6 is 0 Å². The van der Waals surface area contributed by atoms with Crippen LogP contribution in [0.25, 0.3) is 10.9 Å². The summed E-state index contributed by atoms with van der Waals surface area (Å²) < 4.78 is 1.83. The molecule has 0 unspecified atom stereocenters. The molecule has 0 spiro atoms. The van der Waals surface area contributed by atoms with E-state index in [1.54, 1.807) is 0 Å². The third kappa shape index (κ3) is 2.24. The Balaban J connectivity index is 2.95. The first-order valence-corrected chi connectivity index (χ1v) is 10.1. The molecule has 0 fully saturated rings. The van der Waals surface area contributed by atoms with Crippen molar-refractivity contribution in [2.75, 3.05) is 0 Å². The fraction of sp³-hybridized carbons (Fsp3) is 0.312. The predicted octanol–water partition coefficient (Wildman–Crippen LogP) is 3.55. The number of nitriles is 1. The first-order chi connectivity index (χ1) is 8.90. The molecule has 2 nitrogen and oxygen atoms in total. The summed E-state index contributed by atoms with van der Waals surface area (Å²) in [6, 6.07) is 6.32. The largest absolute Gasteiger partial charge is 0.255 e. The highest BCUT2D eigenvalue weighted by atomic mass is 28.3. The quantitative estimate of drug-likeness (QED) is 0.618. The summed E-state index contributed by atoms with van der Waals surface area (Å²) in [5.74, 6) is 0. The molecular weight excluding hydrogens is 248 g/mol. The Kier molecular flexibility index (Phi) is 3.38. The van der Waals surface area contributed by atoms with Crippen molar-refractivity contribution in [3.05, 3.63) is 42.0 Å². The number of aryl methyl sites for hydroxylation is 1. The van der Waals surface area contributed by atoms with Crippen LogP contribution in [0.2, 0.25) is 19.6 Å². The molecule has 19 heavy (non-hydrogen) atoms. The van der Waals surface area contributed by atoms with Crippen LogP contribution in [-0.4, -0.2) is 12.6 Å². The van der Waals surface area contributed by atoms with Crippen molar-refractivity contribution >= 4 is 24.3 Å². The van der Waals surface area contributed by atoms with Gasteiger partial charge in [0.1, 0.15) is 8.07 Å². The molecule has 1 heterocycles. The molecule has 0 saturated heterocycles. The highest BCUT2D eigenvalue weighted by molar-refractivity contribution is 6.88. The molecule has 2 aromatic rings. The van der Waals surface area contributed by atoms with E-state index in [0.29, 0.717) is 0 Å². The van der Waals surface area contributed by atoms with Gasteiger partial charge in [-0.15, -0.1) is 6.58 Å². The number of allylic oxidation sites excluding steroid dienone is 1. The Morgan fingerprint density at radius 2 is 2.05 bits per heavy atom. The minimum Gasteiger partial charge on any atom is -0.255 e. The molecule has 0 radical (unpaired) electrons. The Hall–Kier alpha value is -1.79. The third-order valence-electron chi connectivity index (χ3n) is 3.39. The third-order valence-corrected chi connectivity index (χ3v) is 5.33. The van der Waals surface area contributed by atoms with Gasteiger partial charge in [0.2, 0.25) is 0 Å². The summed E-state index contributed by atoms with van der Waals surface area (Å²) in [5, 5.41) is 12.0. The zero-order chi connectivity index (χ0) is 14.2. The molecule has 98 valence electrons. The molecule has 0 aliphatic rings. The van der Waals surface area contributed by atoms with Crippen molar-refractivity contribution in [2.45, 2.75) is 33.0 Å². The SMILES string of the molecule is C=CCc1c([Si](C)(C)C)n(C#N)c2ccc(C)cc12. The van der Waals surface area contributed by atoms with E-state index in [-0.39, 0.29) is 0 Å². The average molecular weight is 268 g/mol. The predicted molar refractivity (Wildman–Crippen MR) is 84.6 cm³/mol. The fourth-order valence-electron chi connectivity index (χ4n) is 2.71.